The molecule has 3 nitrogen and oxygen atoms in total. The van der Waals surface area contributed by atoms with Crippen LogP contribution in [0.5, 0.6) is 0 Å². The summed E-state index contributed by atoms with van der Waals surface area (Å²) in [4.78, 5) is 14.9. The third kappa shape index (κ3) is 8.76. The SMILES string of the molecule is [2H]C([2H])(c1cc(-c2[c-]cccc2)ncc1[Si](C)(C)C)C(C)C.[2H]C([2H])(c1ccnc(-c2[c-]ccc3c2sc2nc(C)ccc23)c1)C1CCCCC1.[Ir]. The molecule has 0 amide bonds. The van der Waals surface area contributed by atoms with Crippen LogP contribution in [0.4, 0.5) is 0 Å². The number of thiophene rings is 1. The summed E-state index contributed by atoms with van der Waals surface area (Å²) >= 11 is 1.66. The molecule has 0 aliphatic heterocycles. The second-order valence-corrected chi connectivity index (χ2v) is 19.9. The molecule has 1 aliphatic carbocycles. The van der Waals surface area contributed by atoms with E-state index in [0.717, 1.165) is 90.5 Å². The smallest absolute Gasteiger partial charge is 0.113 e. The number of nitrogens with zero attached hydrogens (tertiary/aromatic N) is 3. The number of rotatable bonds is 7. The molecule has 7 rings (SSSR count). The summed E-state index contributed by atoms with van der Waals surface area (Å²) in [6.07, 6.45) is 6.36. The summed E-state index contributed by atoms with van der Waals surface area (Å²) in [6, 6.07) is 28.1. The van der Waals surface area contributed by atoms with Crippen LogP contribution in [-0.2, 0) is 32.9 Å². The second kappa shape index (κ2) is 16.1. The normalized spacial score (nSPS) is 15.6. The first-order chi connectivity index (χ1) is 24.2. The first-order valence-electron chi connectivity index (χ1n) is 18.8. The van der Waals surface area contributed by atoms with Crippen molar-refractivity contribution < 1.29 is 25.6 Å². The topological polar surface area (TPSA) is 38.7 Å². The van der Waals surface area contributed by atoms with Gasteiger partial charge in [0.25, 0.3) is 0 Å². The van der Waals surface area contributed by atoms with Crippen LogP contribution in [0.1, 0.15) is 68.3 Å². The maximum Gasteiger partial charge on any atom is 0.113 e. The Kier molecular flexibility index (Phi) is 10.4. The van der Waals surface area contributed by atoms with Gasteiger partial charge < -0.3 is 9.97 Å². The van der Waals surface area contributed by atoms with Crippen molar-refractivity contribution in [1.82, 2.24) is 15.0 Å². The van der Waals surface area contributed by atoms with Crippen molar-refractivity contribution in [1.29, 1.82) is 0 Å². The van der Waals surface area contributed by atoms with Crippen LogP contribution in [-0.4, -0.2) is 23.0 Å². The predicted molar refractivity (Wildman–Crippen MR) is 204 cm³/mol. The molecular formula is C42H47IrN3SSi-2. The van der Waals surface area contributed by atoms with Gasteiger partial charge in [-0.25, -0.2) is 4.98 Å². The third-order valence-corrected chi connectivity index (χ3v) is 11.7. The number of aryl methyl sites for hydroxylation is 1. The Bertz CT molecular complexity index is 2140. The monoisotopic (exact) mass is 850 g/mol. The maximum absolute atomic E-state index is 8.82. The van der Waals surface area contributed by atoms with Crippen molar-refractivity contribution in [3.05, 3.63) is 108 Å². The summed E-state index contributed by atoms with van der Waals surface area (Å²) in [5, 5.41) is 3.42. The number of fused-ring (bicyclic) bond motifs is 3. The van der Waals surface area contributed by atoms with Crippen LogP contribution in [0, 0.1) is 30.9 Å². The first-order valence-corrected chi connectivity index (χ1v) is 21.1. The van der Waals surface area contributed by atoms with Gasteiger partial charge in [0.15, 0.2) is 0 Å². The minimum atomic E-state index is -1.67. The van der Waals surface area contributed by atoms with Crippen molar-refractivity contribution in [2.24, 2.45) is 11.8 Å². The number of benzene rings is 2. The van der Waals surface area contributed by atoms with E-state index in [9.17, 15) is 0 Å². The summed E-state index contributed by atoms with van der Waals surface area (Å²) in [5.74, 6) is 0.000348. The van der Waals surface area contributed by atoms with E-state index in [0.29, 0.717) is 0 Å². The van der Waals surface area contributed by atoms with Crippen LogP contribution < -0.4 is 5.19 Å². The summed E-state index contributed by atoms with van der Waals surface area (Å²) in [7, 11) is -1.67. The van der Waals surface area contributed by atoms with Crippen molar-refractivity contribution in [3.63, 3.8) is 0 Å². The van der Waals surface area contributed by atoms with Crippen molar-refractivity contribution in [3.8, 4) is 22.5 Å². The zero-order valence-electron chi connectivity index (χ0n) is 32.8. The Balaban J connectivity index is 0.000000205. The molecule has 0 unspecified atom stereocenters. The van der Waals surface area contributed by atoms with E-state index >= 15 is 0 Å². The van der Waals surface area contributed by atoms with Gasteiger partial charge >= 0.3 is 0 Å². The van der Waals surface area contributed by atoms with Crippen LogP contribution in [0.15, 0.2) is 79.1 Å². The molecule has 4 heterocycles. The molecule has 6 heteroatoms. The molecule has 6 aromatic rings. The Morgan fingerprint density at radius 3 is 2.46 bits per heavy atom. The standard InChI is InChI=1S/C24H23N2S.C18H24NSi.Ir/c1-16-10-11-20-19-8-5-9-21(23(19)27-24(20)26-16)22-15-18(12-13-25-22)14-17-6-3-2-4-7-17;1-14(2)11-16-12-17(15-9-7-6-8-10-15)19-13-18(16)20(3,4)5;/h5,8,10-13,15,17H,2-4,6-7,14H2,1H3;6-9,12-14H,11H2,1-5H3;/q2*-1;/i14D2;11D2;. The minimum absolute atomic E-state index is 0. The third-order valence-electron chi connectivity index (χ3n) is 8.57. The van der Waals surface area contributed by atoms with Gasteiger partial charge in [0.1, 0.15) is 4.83 Å². The molecular weight excluding hydrogens is 799 g/mol. The van der Waals surface area contributed by atoms with Gasteiger partial charge in [0.2, 0.25) is 0 Å². The van der Waals surface area contributed by atoms with E-state index in [-0.39, 0.29) is 31.9 Å². The molecule has 0 N–H and O–H groups in total. The van der Waals surface area contributed by atoms with Gasteiger partial charge in [-0.15, -0.1) is 59.7 Å². The maximum atomic E-state index is 8.82. The quantitative estimate of drug-likeness (QED) is 0.119. The molecule has 1 aliphatic rings. The molecule has 0 saturated heterocycles. The van der Waals surface area contributed by atoms with Gasteiger partial charge in [-0.3, -0.25) is 0 Å². The van der Waals surface area contributed by atoms with Gasteiger partial charge in [0, 0.05) is 43.7 Å². The Morgan fingerprint density at radius 1 is 0.917 bits per heavy atom. The minimum Gasteiger partial charge on any atom is -0.305 e. The van der Waals surface area contributed by atoms with Crippen molar-refractivity contribution >= 4 is 44.9 Å². The second-order valence-electron chi connectivity index (χ2n) is 13.9. The summed E-state index contributed by atoms with van der Waals surface area (Å²) < 4.78 is 35.9. The van der Waals surface area contributed by atoms with E-state index < -0.39 is 20.8 Å². The Morgan fingerprint density at radius 2 is 1.73 bits per heavy atom. The van der Waals surface area contributed by atoms with Crippen LogP contribution in [0.25, 0.3) is 42.8 Å². The van der Waals surface area contributed by atoms with Crippen LogP contribution in [0.3, 0.4) is 0 Å². The fraction of sp³-hybridized carbons (Fsp3) is 0.357. The zero-order chi connectivity index (χ0) is 36.6. The van der Waals surface area contributed by atoms with Gasteiger partial charge in [0.05, 0.1) is 8.07 Å². The summed E-state index contributed by atoms with van der Waals surface area (Å²) in [5.41, 5.74) is 5.96. The molecule has 4 aromatic heterocycles. The number of pyridine rings is 3. The fourth-order valence-corrected chi connectivity index (χ4v) is 8.86. The molecule has 2 aromatic carbocycles. The molecule has 48 heavy (non-hydrogen) atoms. The number of aromatic nitrogens is 3. The van der Waals surface area contributed by atoms with Gasteiger partial charge in [-0.2, -0.15) is 11.3 Å². The van der Waals surface area contributed by atoms with E-state index in [2.05, 4.69) is 58.9 Å². The molecule has 1 radical (unpaired) electrons. The average molecular weight is 850 g/mol. The Labute approximate surface area is 311 Å². The van der Waals surface area contributed by atoms with Crippen LogP contribution in [0.2, 0.25) is 19.6 Å². The zero-order valence-corrected chi connectivity index (χ0v) is 33.0. The largest absolute Gasteiger partial charge is 0.305 e. The van der Waals surface area contributed by atoms with E-state index in [4.69, 9.17) is 5.48 Å². The molecule has 1 fully saturated rings. The predicted octanol–water partition coefficient (Wildman–Crippen LogP) is 11.0. The van der Waals surface area contributed by atoms with Crippen molar-refractivity contribution in [2.75, 3.05) is 0 Å². The fourth-order valence-electron chi connectivity index (χ4n) is 6.23. The van der Waals surface area contributed by atoms with E-state index in [1.54, 1.807) is 17.5 Å². The summed E-state index contributed by atoms with van der Waals surface area (Å²) in [6.45, 7) is 12.6. The molecule has 251 valence electrons. The molecule has 0 bridgehead atoms. The van der Waals surface area contributed by atoms with E-state index in [1.165, 1.54) is 6.42 Å². The average Bonchev–Trinajstić information content (AvgIpc) is 3.50. The molecule has 1 saturated carbocycles. The number of hydrogen-bond donors (Lipinski definition) is 0. The van der Waals surface area contributed by atoms with Crippen molar-refractivity contribution in [2.45, 2.75) is 85.3 Å². The van der Waals surface area contributed by atoms with E-state index in [1.807, 2.05) is 81.6 Å². The van der Waals surface area contributed by atoms with Gasteiger partial charge in [-0.1, -0.05) is 100 Å². The van der Waals surface area contributed by atoms with Crippen LogP contribution >= 0.6 is 11.3 Å². The first kappa shape index (κ1) is 31.0. The Hall–Kier alpha value is -3.02. The molecule has 0 spiro atoms. The number of hydrogen-bond acceptors (Lipinski definition) is 4. The molecule has 0 atom stereocenters. The van der Waals surface area contributed by atoms with Gasteiger partial charge in [-0.05, 0) is 70.3 Å².